The lowest BCUT2D eigenvalue weighted by atomic mass is 10.1. The molecule has 0 heterocycles. The highest BCUT2D eigenvalue weighted by Crippen LogP contribution is 2.33. The number of halogens is 3. The maximum atomic E-state index is 14.1. The Bertz CT molecular complexity index is 1560. The van der Waals surface area contributed by atoms with E-state index in [9.17, 15) is 22.4 Å². The molecular formula is C30H34Cl2FN3O6S. The van der Waals surface area contributed by atoms with Crippen molar-refractivity contribution in [3.05, 3.63) is 82.1 Å². The van der Waals surface area contributed by atoms with E-state index in [1.54, 1.807) is 39.0 Å². The van der Waals surface area contributed by atoms with Gasteiger partial charge in [0, 0.05) is 33.8 Å². The molecule has 0 spiro atoms. The fourth-order valence-corrected chi connectivity index (χ4v) is 6.10. The molecule has 0 aliphatic heterocycles. The van der Waals surface area contributed by atoms with Crippen molar-refractivity contribution in [2.24, 2.45) is 0 Å². The molecule has 2 amide bonds. The zero-order valence-corrected chi connectivity index (χ0v) is 27.0. The highest BCUT2D eigenvalue weighted by Gasteiger charge is 2.34. The van der Waals surface area contributed by atoms with Crippen LogP contribution in [0.1, 0.15) is 33.3 Å². The van der Waals surface area contributed by atoms with Gasteiger partial charge < -0.3 is 19.7 Å². The molecule has 9 nitrogen and oxygen atoms in total. The summed E-state index contributed by atoms with van der Waals surface area (Å²) in [6, 6.07) is 12.4. The van der Waals surface area contributed by atoms with E-state index >= 15 is 0 Å². The predicted octanol–water partition coefficient (Wildman–Crippen LogP) is 5.68. The number of ether oxygens (including phenoxy) is 2. The van der Waals surface area contributed by atoms with Gasteiger partial charge in [-0.1, -0.05) is 29.3 Å². The van der Waals surface area contributed by atoms with Gasteiger partial charge in [-0.3, -0.25) is 13.9 Å². The van der Waals surface area contributed by atoms with Crippen LogP contribution >= 0.6 is 23.2 Å². The van der Waals surface area contributed by atoms with Crippen LogP contribution in [0.2, 0.25) is 10.0 Å². The van der Waals surface area contributed by atoms with Crippen LogP contribution in [0.15, 0.2) is 65.6 Å². The highest BCUT2D eigenvalue weighted by atomic mass is 35.5. The zero-order valence-electron chi connectivity index (χ0n) is 24.7. The number of rotatable bonds is 11. The van der Waals surface area contributed by atoms with E-state index in [-0.39, 0.29) is 32.9 Å². The Kier molecular flexibility index (Phi) is 10.9. The molecule has 0 aliphatic carbocycles. The second-order valence-corrected chi connectivity index (χ2v) is 13.3. The summed E-state index contributed by atoms with van der Waals surface area (Å²) in [7, 11) is -1.67. The molecule has 232 valence electrons. The molecule has 0 radical (unpaired) electrons. The number of benzene rings is 3. The number of hydrogen-bond acceptors (Lipinski definition) is 6. The fourth-order valence-electron chi connectivity index (χ4n) is 4.15. The Morgan fingerprint density at radius 2 is 1.53 bits per heavy atom. The first-order valence-electron chi connectivity index (χ1n) is 13.1. The van der Waals surface area contributed by atoms with Gasteiger partial charge >= 0.3 is 0 Å². The van der Waals surface area contributed by atoms with Crippen molar-refractivity contribution < 1.29 is 31.9 Å². The Morgan fingerprint density at radius 1 is 0.953 bits per heavy atom. The van der Waals surface area contributed by atoms with Crippen molar-refractivity contribution in [2.75, 3.05) is 25.1 Å². The first kappa shape index (κ1) is 34.0. The lowest BCUT2D eigenvalue weighted by Gasteiger charge is -2.34. The summed E-state index contributed by atoms with van der Waals surface area (Å²) < 4.78 is 53.3. The van der Waals surface area contributed by atoms with Crippen LogP contribution in [0.25, 0.3) is 0 Å². The van der Waals surface area contributed by atoms with E-state index in [4.69, 9.17) is 32.7 Å². The molecule has 0 aromatic heterocycles. The number of hydrogen-bond donors (Lipinski definition) is 1. The van der Waals surface area contributed by atoms with E-state index in [1.165, 1.54) is 56.4 Å². The minimum Gasteiger partial charge on any atom is -0.493 e. The molecule has 3 aromatic rings. The quantitative estimate of drug-likeness (QED) is 0.286. The molecule has 0 unspecified atom stereocenters. The van der Waals surface area contributed by atoms with Gasteiger partial charge in [0.25, 0.3) is 10.0 Å². The first-order valence-corrected chi connectivity index (χ1v) is 15.3. The predicted molar refractivity (Wildman–Crippen MR) is 165 cm³/mol. The summed E-state index contributed by atoms with van der Waals surface area (Å²) in [5, 5.41) is 3.37. The van der Waals surface area contributed by atoms with Crippen LogP contribution in [0.5, 0.6) is 11.5 Å². The SMILES string of the molecule is COc1ccc(S(=O)(=O)N(CC(=O)N(Cc2c(Cl)cccc2Cl)[C@@H](C)C(=O)NC(C)(C)C)c2ccc(F)cc2)cc1OC. The number of nitrogens with one attached hydrogen (secondary N) is 1. The van der Waals surface area contributed by atoms with Gasteiger partial charge in [0.05, 0.1) is 24.8 Å². The second kappa shape index (κ2) is 13.8. The Balaban J connectivity index is 2.11. The van der Waals surface area contributed by atoms with Crippen LogP contribution in [-0.4, -0.2) is 57.5 Å². The van der Waals surface area contributed by atoms with Crippen molar-refractivity contribution in [3.63, 3.8) is 0 Å². The standard InChI is InChI=1S/C30H34Cl2FN3O6S/c1-19(29(38)34-30(2,3)4)35(17-23-24(31)8-7-9-25(23)32)28(37)18-36(21-12-10-20(33)11-13-21)43(39,40)22-14-15-26(41-5)27(16-22)42-6/h7-16,19H,17-18H2,1-6H3,(H,34,38)/t19-/m0/s1. The average molecular weight is 655 g/mol. The maximum absolute atomic E-state index is 14.1. The van der Waals surface area contributed by atoms with Crippen LogP contribution in [-0.2, 0) is 26.2 Å². The van der Waals surface area contributed by atoms with Crippen molar-refractivity contribution in [1.29, 1.82) is 0 Å². The van der Waals surface area contributed by atoms with Crippen molar-refractivity contribution in [2.45, 2.75) is 50.7 Å². The number of amides is 2. The summed E-state index contributed by atoms with van der Waals surface area (Å²) in [6.07, 6.45) is 0. The molecule has 13 heteroatoms. The molecule has 0 aliphatic rings. The summed E-state index contributed by atoms with van der Waals surface area (Å²) >= 11 is 12.8. The van der Waals surface area contributed by atoms with Crippen LogP contribution < -0.4 is 19.1 Å². The Labute approximate surface area is 261 Å². The van der Waals surface area contributed by atoms with Gasteiger partial charge in [-0.05, 0) is 76.2 Å². The van der Waals surface area contributed by atoms with E-state index in [0.29, 0.717) is 11.3 Å². The van der Waals surface area contributed by atoms with Gasteiger partial charge in [0.1, 0.15) is 18.4 Å². The number of carbonyl (C=O) groups excluding carboxylic acids is 2. The van der Waals surface area contributed by atoms with Crippen molar-refractivity contribution in [1.82, 2.24) is 10.2 Å². The number of methoxy groups -OCH3 is 2. The third-order valence-corrected chi connectivity index (χ3v) is 8.87. The monoisotopic (exact) mass is 653 g/mol. The molecule has 1 N–H and O–H groups in total. The van der Waals surface area contributed by atoms with Crippen LogP contribution in [0, 0.1) is 5.82 Å². The Hall–Kier alpha value is -3.54. The third-order valence-electron chi connectivity index (χ3n) is 6.39. The molecule has 1 atom stereocenters. The van der Waals surface area contributed by atoms with Gasteiger partial charge in [-0.2, -0.15) is 0 Å². The summed E-state index contributed by atoms with van der Waals surface area (Å²) in [4.78, 5) is 28.3. The number of sulfonamides is 1. The summed E-state index contributed by atoms with van der Waals surface area (Å²) in [5.74, 6) is -1.36. The second-order valence-electron chi connectivity index (χ2n) is 10.6. The minimum atomic E-state index is -4.44. The minimum absolute atomic E-state index is 0.0204. The largest absolute Gasteiger partial charge is 0.493 e. The van der Waals surface area contributed by atoms with E-state index in [0.717, 1.165) is 16.4 Å². The fraction of sp³-hybridized carbons (Fsp3) is 0.333. The topological polar surface area (TPSA) is 105 Å². The third kappa shape index (κ3) is 8.31. The van der Waals surface area contributed by atoms with E-state index in [2.05, 4.69) is 5.32 Å². The molecule has 43 heavy (non-hydrogen) atoms. The zero-order chi connectivity index (χ0) is 32.1. The van der Waals surface area contributed by atoms with Gasteiger partial charge in [0.15, 0.2) is 11.5 Å². The molecule has 0 saturated carbocycles. The number of carbonyl (C=O) groups is 2. The number of anilines is 1. The van der Waals surface area contributed by atoms with E-state index < -0.39 is 45.8 Å². The van der Waals surface area contributed by atoms with Gasteiger partial charge in [-0.15, -0.1) is 0 Å². The smallest absolute Gasteiger partial charge is 0.264 e. The maximum Gasteiger partial charge on any atom is 0.264 e. The average Bonchev–Trinajstić information content (AvgIpc) is 2.94. The first-order chi connectivity index (χ1) is 20.1. The lowest BCUT2D eigenvalue weighted by molar-refractivity contribution is -0.140. The molecule has 0 fully saturated rings. The highest BCUT2D eigenvalue weighted by molar-refractivity contribution is 7.92. The van der Waals surface area contributed by atoms with Gasteiger partial charge in [0.2, 0.25) is 11.8 Å². The van der Waals surface area contributed by atoms with E-state index in [1.807, 2.05) is 0 Å². The number of nitrogens with zero attached hydrogens (tertiary/aromatic N) is 2. The molecule has 3 aromatic carbocycles. The van der Waals surface area contributed by atoms with Crippen LogP contribution in [0.3, 0.4) is 0 Å². The normalized spacial score (nSPS) is 12.3. The molecule has 0 saturated heterocycles. The summed E-state index contributed by atoms with van der Waals surface area (Å²) in [6.45, 7) is 5.97. The molecule has 0 bridgehead atoms. The van der Waals surface area contributed by atoms with Crippen molar-refractivity contribution >= 4 is 50.7 Å². The molecule has 3 rings (SSSR count). The van der Waals surface area contributed by atoms with Gasteiger partial charge in [-0.25, -0.2) is 12.8 Å². The lowest BCUT2D eigenvalue weighted by Crippen LogP contribution is -2.54. The van der Waals surface area contributed by atoms with Crippen LogP contribution in [0.4, 0.5) is 10.1 Å². The Morgan fingerprint density at radius 3 is 2.07 bits per heavy atom. The molecular weight excluding hydrogens is 620 g/mol. The summed E-state index contributed by atoms with van der Waals surface area (Å²) in [5.41, 5.74) is -0.211. The van der Waals surface area contributed by atoms with Crippen molar-refractivity contribution in [3.8, 4) is 11.5 Å².